The van der Waals surface area contributed by atoms with Crippen LogP contribution in [-0.4, -0.2) is 93.6 Å². The summed E-state index contributed by atoms with van der Waals surface area (Å²) in [6.07, 6.45) is 0. The zero-order valence-corrected chi connectivity index (χ0v) is 14.7. The number of nitrogens with one attached hydrogen (secondary N) is 2. The van der Waals surface area contributed by atoms with Gasteiger partial charge in [0.1, 0.15) is 0 Å². The Balaban J connectivity index is -0.0000000178. The van der Waals surface area contributed by atoms with Crippen LogP contribution in [0.3, 0.4) is 0 Å². The fourth-order valence-electron chi connectivity index (χ4n) is 0.798. The Kier molecular flexibility index (Phi) is 65.3. The summed E-state index contributed by atoms with van der Waals surface area (Å²) < 4.78 is 65.7. The first-order valence-electron chi connectivity index (χ1n) is 4.20. The smallest absolute Gasteiger partial charge is 0.726 e. The predicted molar refractivity (Wildman–Crippen MR) is 76.7 cm³/mol. The number of hydrogen-bond acceptors (Lipinski definition) is 8. The molecule has 0 aliphatic carbocycles. The number of piperazine rings is 1. The van der Waals surface area contributed by atoms with E-state index >= 15 is 0 Å². The van der Waals surface area contributed by atoms with Gasteiger partial charge in [-0.15, -0.1) is 0 Å². The summed E-state index contributed by atoms with van der Waals surface area (Å²) in [6.45, 7) is 5.57. The van der Waals surface area contributed by atoms with Gasteiger partial charge in [0.2, 0.25) is 20.8 Å². The second-order valence-corrected chi connectivity index (χ2v) is 4.63. The molecule has 1 aliphatic heterocycles. The molecule has 16 nitrogen and oxygen atoms in total. The Morgan fingerprint density at radius 2 is 1.08 bits per heavy atom. The van der Waals surface area contributed by atoms with Gasteiger partial charge in [0.05, 0.1) is 0 Å². The molecule has 1 atom stereocenters. The molecule has 1 saturated heterocycles. The number of rotatable bonds is 0. The number of hydrogen-bond donors (Lipinski definition) is 4. The SMILES string of the molecule is C[C@H]1CNCCN1.O.O.O.O.O.O.O=S(=O)([O-])O.O=S(=O)([O-])O.[Cu+2]. The van der Waals surface area contributed by atoms with Gasteiger partial charge in [-0.25, -0.2) is 16.8 Å². The average molecular weight is 466 g/mol. The maximum atomic E-state index is 8.63. The maximum absolute atomic E-state index is 8.63. The van der Waals surface area contributed by atoms with Crippen LogP contribution in [0.2, 0.25) is 0 Å². The monoisotopic (exact) mass is 465 g/mol. The first kappa shape index (κ1) is 56.4. The molecule has 1 rings (SSSR count). The van der Waals surface area contributed by atoms with Crippen LogP contribution < -0.4 is 10.6 Å². The molecular formula is C5H26CuN2O14S2. The molecule has 0 saturated carbocycles. The zero-order chi connectivity index (χ0) is 14.1. The summed E-state index contributed by atoms with van der Waals surface area (Å²) in [5.41, 5.74) is 0. The molecule has 1 aliphatic rings. The Morgan fingerprint density at radius 1 is 0.833 bits per heavy atom. The molecule has 0 amide bonds. The van der Waals surface area contributed by atoms with Crippen LogP contribution in [0.25, 0.3) is 0 Å². The second-order valence-electron chi connectivity index (χ2n) is 2.91. The molecule has 1 heterocycles. The van der Waals surface area contributed by atoms with E-state index in [9.17, 15) is 0 Å². The standard InChI is InChI=1S/C5H12N2.Cu.2H2O4S.6H2O/c1-5-4-6-2-3-7-5;;2*1-5(2,3)4;;;;;;/h5-7H,2-4H2,1H3;;2*(H2,1,2,3,4);6*1H2/q;+2;;;;;;;;/p-2/t5-;;;;;;;;;/m0........./s1. The molecule has 0 spiro atoms. The average Bonchev–Trinajstić information content (AvgIpc) is 1.98. The third-order valence-electron chi connectivity index (χ3n) is 1.25. The molecule has 0 aromatic carbocycles. The van der Waals surface area contributed by atoms with Gasteiger partial charge >= 0.3 is 17.1 Å². The van der Waals surface area contributed by atoms with E-state index in [0.717, 1.165) is 19.6 Å². The minimum absolute atomic E-state index is 0. The molecule has 0 aromatic rings. The minimum atomic E-state index is -4.92. The molecule has 24 heavy (non-hydrogen) atoms. The van der Waals surface area contributed by atoms with Gasteiger partial charge in [-0.3, -0.25) is 9.11 Å². The predicted octanol–water partition coefficient (Wildman–Crippen LogP) is -7.37. The van der Waals surface area contributed by atoms with Gasteiger partial charge in [0, 0.05) is 25.7 Å². The van der Waals surface area contributed by atoms with Crippen LogP contribution in [-0.2, 0) is 37.9 Å². The van der Waals surface area contributed by atoms with Gasteiger partial charge in [-0.1, -0.05) is 0 Å². The summed E-state index contributed by atoms with van der Waals surface area (Å²) in [6, 6.07) is 0.675. The van der Waals surface area contributed by atoms with E-state index in [1.165, 1.54) is 0 Å². The molecule has 1 radical (unpaired) electrons. The van der Waals surface area contributed by atoms with Crippen LogP contribution in [0.5, 0.6) is 0 Å². The van der Waals surface area contributed by atoms with E-state index in [1.54, 1.807) is 0 Å². The Morgan fingerprint density at radius 3 is 1.17 bits per heavy atom. The van der Waals surface area contributed by atoms with Crippen molar-refractivity contribution >= 4 is 20.8 Å². The second kappa shape index (κ2) is 27.8. The fourth-order valence-corrected chi connectivity index (χ4v) is 0.798. The first-order chi connectivity index (χ1) is 7.39. The summed E-state index contributed by atoms with van der Waals surface area (Å²) in [5.74, 6) is 0. The topological polar surface area (TPSA) is 368 Å². The fraction of sp³-hybridized carbons (Fsp3) is 1.00. The first-order valence-corrected chi connectivity index (χ1v) is 6.93. The molecule has 16 N–H and O–H groups in total. The molecule has 19 heteroatoms. The van der Waals surface area contributed by atoms with Crippen molar-refractivity contribution in [3.05, 3.63) is 0 Å². The van der Waals surface area contributed by atoms with Gasteiger partial charge in [-0.2, -0.15) is 0 Å². The summed E-state index contributed by atoms with van der Waals surface area (Å²) in [7, 11) is -9.83. The van der Waals surface area contributed by atoms with Gasteiger partial charge in [0.15, 0.2) is 0 Å². The van der Waals surface area contributed by atoms with Crippen molar-refractivity contribution < 1.29 is 85.0 Å². The van der Waals surface area contributed by atoms with Crippen LogP contribution in [0.15, 0.2) is 0 Å². The van der Waals surface area contributed by atoms with Crippen LogP contribution >= 0.6 is 0 Å². The van der Waals surface area contributed by atoms with Gasteiger partial charge in [-0.05, 0) is 6.92 Å². The van der Waals surface area contributed by atoms with Crippen LogP contribution in [0, 0.1) is 0 Å². The Bertz CT molecular complexity index is 336. The summed E-state index contributed by atoms with van der Waals surface area (Å²) >= 11 is 0. The van der Waals surface area contributed by atoms with Crippen molar-refractivity contribution in [1.29, 1.82) is 0 Å². The van der Waals surface area contributed by atoms with E-state index in [4.69, 9.17) is 35.0 Å². The summed E-state index contributed by atoms with van der Waals surface area (Å²) in [5, 5.41) is 6.59. The van der Waals surface area contributed by atoms with E-state index in [-0.39, 0.29) is 49.9 Å². The third kappa shape index (κ3) is 153. The quantitative estimate of drug-likeness (QED) is 0.148. The summed E-state index contributed by atoms with van der Waals surface area (Å²) in [4.78, 5) is 0. The third-order valence-corrected chi connectivity index (χ3v) is 1.25. The van der Waals surface area contributed by atoms with Crippen molar-refractivity contribution in [2.45, 2.75) is 13.0 Å². The molecule has 163 valence electrons. The molecule has 0 aromatic heterocycles. The minimum Gasteiger partial charge on any atom is -0.726 e. The van der Waals surface area contributed by atoms with Crippen LogP contribution in [0.1, 0.15) is 6.92 Å². The van der Waals surface area contributed by atoms with E-state index in [0.29, 0.717) is 6.04 Å². The van der Waals surface area contributed by atoms with Gasteiger partial charge < -0.3 is 52.6 Å². The molecule has 1 fully saturated rings. The van der Waals surface area contributed by atoms with Crippen LogP contribution in [0.4, 0.5) is 0 Å². The zero-order valence-electron chi connectivity index (χ0n) is 12.2. The van der Waals surface area contributed by atoms with Crippen molar-refractivity contribution in [2.24, 2.45) is 0 Å². The Hall–Kier alpha value is -0.0605. The van der Waals surface area contributed by atoms with Crippen molar-refractivity contribution in [3.8, 4) is 0 Å². The van der Waals surface area contributed by atoms with E-state index in [1.807, 2.05) is 0 Å². The normalized spacial score (nSPS) is 14.5. The van der Waals surface area contributed by atoms with E-state index in [2.05, 4.69) is 17.6 Å². The molecule has 0 unspecified atom stereocenters. The maximum Gasteiger partial charge on any atom is 2.00 e. The van der Waals surface area contributed by atoms with Crippen molar-refractivity contribution in [2.75, 3.05) is 19.6 Å². The molecular weight excluding hydrogens is 440 g/mol. The van der Waals surface area contributed by atoms with Crippen molar-refractivity contribution in [3.63, 3.8) is 0 Å². The largest absolute Gasteiger partial charge is 2.00 e. The van der Waals surface area contributed by atoms with Crippen molar-refractivity contribution in [1.82, 2.24) is 10.6 Å². The van der Waals surface area contributed by atoms with E-state index < -0.39 is 20.8 Å². The van der Waals surface area contributed by atoms with Gasteiger partial charge in [0.25, 0.3) is 0 Å². The Labute approximate surface area is 149 Å². The molecule has 0 bridgehead atoms.